The first kappa shape index (κ1) is 15.4. The summed E-state index contributed by atoms with van der Waals surface area (Å²) in [6, 6.07) is 0.0681. The molecule has 0 amide bonds. The number of piperidine rings is 1. The quantitative estimate of drug-likeness (QED) is 0.787. The molecule has 1 N–H and O–H groups in total. The van der Waals surface area contributed by atoms with Gasteiger partial charge < -0.3 is 0 Å². The van der Waals surface area contributed by atoms with Gasteiger partial charge in [0.2, 0.25) is 0 Å². The fourth-order valence-electron chi connectivity index (χ4n) is 2.03. The zero-order chi connectivity index (χ0) is 13.1. The first-order valence-electron chi connectivity index (χ1n) is 6.23. The molecular formula is C11H23BrN2O2S. The molecule has 4 nitrogen and oxygen atoms in total. The van der Waals surface area contributed by atoms with Crippen LogP contribution in [0.5, 0.6) is 0 Å². The van der Waals surface area contributed by atoms with Gasteiger partial charge in [0.15, 0.2) is 0 Å². The molecule has 1 aliphatic rings. The summed E-state index contributed by atoms with van der Waals surface area (Å²) in [4.78, 5) is 0. The van der Waals surface area contributed by atoms with Crippen molar-refractivity contribution in [2.45, 2.75) is 52.1 Å². The lowest BCUT2D eigenvalue weighted by atomic mass is 10.1. The number of nitrogens with one attached hydrogen (secondary N) is 1. The standard InChI is InChI=1S/C11H23BrN2O2S/c1-9(2)11(8-12)13-17(15,16)14-7-5-4-6-10(14)3/h9-11,13H,4-8H2,1-3H3. The van der Waals surface area contributed by atoms with Crippen molar-refractivity contribution in [3.63, 3.8) is 0 Å². The van der Waals surface area contributed by atoms with Crippen molar-refractivity contribution >= 4 is 26.1 Å². The van der Waals surface area contributed by atoms with Crippen molar-refractivity contribution in [2.24, 2.45) is 5.92 Å². The maximum absolute atomic E-state index is 12.3. The molecule has 2 atom stereocenters. The van der Waals surface area contributed by atoms with Gasteiger partial charge in [-0.25, -0.2) is 0 Å². The molecule has 0 radical (unpaired) electrons. The number of rotatable bonds is 5. The number of nitrogens with zero attached hydrogens (tertiary/aromatic N) is 1. The number of hydrogen-bond acceptors (Lipinski definition) is 2. The van der Waals surface area contributed by atoms with Crippen LogP contribution < -0.4 is 4.72 Å². The second kappa shape index (κ2) is 6.50. The van der Waals surface area contributed by atoms with Gasteiger partial charge in [-0.15, -0.1) is 0 Å². The van der Waals surface area contributed by atoms with Gasteiger partial charge in [0.25, 0.3) is 10.2 Å². The van der Waals surface area contributed by atoms with E-state index in [4.69, 9.17) is 0 Å². The summed E-state index contributed by atoms with van der Waals surface area (Å²) < 4.78 is 28.9. The van der Waals surface area contributed by atoms with Crippen LogP contribution in [0.25, 0.3) is 0 Å². The van der Waals surface area contributed by atoms with E-state index in [9.17, 15) is 8.42 Å². The maximum Gasteiger partial charge on any atom is 0.279 e. The molecule has 1 fully saturated rings. The van der Waals surface area contributed by atoms with E-state index in [-0.39, 0.29) is 18.0 Å². The van der Waals surface area contributed by atoms with Crippen molar-refractivity contribution < 1.29 is 8.42 Å². The zero-order valence-corrected chi connectivity index (χ0v) is 13.2. The molecule has 0 aromatic heterocycles. The van der Waals surface area contributed by atoms with Gasteiger partial charge in [0.1, 0.15) is 0 Å². The molecule has 6 heteroatoms. The minimum Gasteiger partial charge on any atom is -0.198 e. The number of hydrogen-bond donors (Lipinski definition) is 1. The highest BCUT2D eigenvalue weighted by Gasteiger charge is 2.31. The minimum absolute atomic E-state index is 0.0471. The normalized spacial score (nSPS) is 25.1. The molecule has 0 bridgehead atoms. The Morgan fingerprint density at radius 2 is 2.06 bits per heavy atom. The lowest BCUT2D eigenvalue weighted by molar-refractivity contribution is 0.262. The van der Waals surface area contributed by atoms with E-state index < -0.39 is 10.2 Å². The molecule has 1 aliphatic heterocycles. The first-order valence-corrected chi connectivity index (χ1v) is 8.79. The molecule has 2 unspecified atom stereocenters. The van der Waals surface area contributed by atoms with Gasteiger partial charge in [0.05, 0.1) is 0 Å². The van der Waals surface area contributed by atoms with E-state index in [1.807, 2.05) is 20.8 Å². The Hall–Kier alpha value is 0.350. The average Bonchev–Trinajstić information content (AvgIpc) is 2.26. The monoisotopic (exact) mass is 326 g/mol. The van der Waals surface area contributed by atoms with Crippen molar-refractivity contribution in [1.29, 1.82) is 0 Å². The van der Waals surface area contributed by atoms with E-state index in [1.54, 1.807) is 4.31 Å². The Kier molecular flexibility index (Phi) is 5.89. The Morgan fingerprint density at radius 3 is 2.53 bits per heavy atom. The molecule has 0 aromatic carbocycles. The highest BCUT2D eigenvalue weighted by molar-refractivity contribution is 9.09. The van der Waals surface area contributed by atoms with Crippen LogP contribution in [0.1, 0.15) is 40.0 Å². The van der Waals surface area contributed by atoms with Crippen LogP contribution in [0.15, 0.2) is 0 Å². The van der Waals surface area contributed by atoms with Crippen LogP contribution in [0.4, 0.5) is 0 Å². The van der Waals surface area contributed by atoms with Crippen LogP contribution in [-0.4, -0.2) is 36.7 Å². The average molecular weight is 327 g/mol. The maximum atomic E-state index is 12.3. The van der Waals surface area contributed by atoms with E-state index in [0.717, 1.165) is 19.3 Å². The Morgan fingerprint density at radius 1 is 1.41 bits per heavy atom. The summed E-state index contributed by atoms with van der Waals surface area (Å²) in [5.41, 5.74) is 0. The molecule has 0 spiro atoms. The van der Waals surface area contributed by atoms with Crippen molar-refractivity contribution in [3.8, 4) is 0 Å². The molecule has 1 rings (SSSR count). The van der Waals surface area contributed by atoms with E-state index in [1.165, 1.54) is 0 Å². The SMILES string of the molecule is CC(C)C(CBr)NS(=O)(=O)N1CCCCC1C. The topological polar surface area (TPSA) is 49.4 Å². The van der Waals surface area contributed by atoms with E-state index in [0.29, 0.717) is 11.9 Å². The van der Waals surface area contributed by atoms with Crippen LogP contribution in [0.3, 0.4) is 0 Å². The fraction of sp³-hybridized carbons (Fsp3) is 1.00. The summed E-state index contributed by atoms with van der Waals surface area (Å²) in [5.74, 6) is 0.282. The molecule has 1 saturated heterocycles. The fourth-order valence-corrected chi connectivity index (χ4v) is 4.98. The highest BCUT2D eigenvalue weighted by Crippen LogP contribution is 2.20. The summed E-state index contributed by atoms with van der Waals surface area (Å²) in [6.45, 7) is 6.67. The molecular weight excluding hydrogens is 304 g/mol. The second-order valence-corrected chi connectivity index (χ2v) is 7.39. The predicted molar refractivity (Wildman–Crippen MR) is 74.5 cm³/mol. The van der Waals surface area contributed by atoms with Crippen LogP contribution in [0.2, 0.25) is 0 Å². The third-order valence-corrected chi connectivity index (χ3v) is 5.78. The van der Waals surface area contributed by atoms with Crippen molar-refractivity contribution in [3.05, 3.63) is 0 Å². The number of halogens is 1. The molecule has 102 valence electrons. The Bertz CT molecular complexity index is 332. The number of alkyl halides is 1. The van der Waals surface area contributed by atoms with Crippen molar-refractivity contribution in [1.82, 2.24) is 9.03 Å². The van der Waals surface area contributed by atoms with E-state index in [2.05, 4.69) is 20.7 Å². The lowest BCUT2D eigenvalue weighted by Gasteiger charge is -2.34. The van der Waals surface area contributed by atoms with Gasteiger partial charge in [0, 0.05) is 24.0 Å². The van der Waals surface area contributed by atoms with Crippen LogP contribution >= 0.6 is 15.9 Å². The highest BCUT2D eigenvalue weighted by atomic mass is 79.9. The minimum atomic E-state index is -3.34. The lowest BCUT2D eigenvalue weighted by Crippen LogP contribution is -2.52. The Balaban J connectivity index is 2.73. The molecule has 0 aromatic rings. The summed E-state index contributed by atoms with van der Waals surface area (Å²) >= 11 is 3.36. The van der Waals surface area contributed by atoms with Crippen LogP contribution in [0, 0.1) is 5.92 Å². The van der Waals surface area contributed by atoms with Gasteiger partial charge in [-0.2, -0.15) is 17.4 Å². The molecule has 1 heterocycles. The van der Waals surface area contributed by atoms with Gasteiger partial charge in [-0.3, -0.25) is 0 Å². The van der Waals surface area contributed by atoms with Crippen molar-refractivity contribution in [2.75, 3.05) is 11.9 Å². The van der Waals surface area contributed by atoms with Gasteiger partial charge in [-0.1, -0.05) is 36.2 Å². The van der Waals surface area contributed by atoms with E-state index >= 15 is 0 Å². The van der Waals surface area contributed by atoms with Gasteiger partial charge >= 0.3 is 0 Å². The smallest absolute Gasteiger partial charge is 0.198 e. The summed E-state index contributed by atoms with van der Waals surface area (Å²) in [5, 5.41) is 0.645. The Labute approximate surface area is 113 Å². The first-order chi connectivity index (χ1) is 7.88. The second-order valence-electron chi connectivity index (χ2n) is 5.08. The third kappa shape index (κ3) is 4.19. The summed E-state index contributed by atoms with van der Waals surface area (Å²) in [6.07, 6.45) is 3.05. The predicted octanol–water partition coefficient (Wildman–Crippen LogP) is 2.11. The van der Waals surface area contributed by atoms with Gasteiger partial charge in [-0.05, 0) is 25.7 Å². The third-order valence-electron chi connectivity index (χ3n) is 3.32. The zero-order valence-electron chi connectivity index (χ0n) is 10.8. The molecule has 17 heavy (non-hydrogen) atoms. The largest absolute Gasteiger partial charge is 0.279 e. The summed E-state index contributed by atoms with van der Waals surface area (Å²) in [7, 11) is -3.34. The molecule has 0 aliphatic carbocycles. The molecule has 0 saturated carbocycles. The van der Waals surface area contributed by atoms with Crippen LogP contribution in [-0.2, 0) is 10.2 Å².